The molecule has 3 aromatic rings. The molecule has 3 heterocycles. The number of carbonyl (C=O) groups is 3. The molecule has 0 aliphatic carbocycles. The van der Waals surface area contributed by atoms with Gasteiger partial charge in [0.2, 0.25) is 0 Å². The highest BCUT2D eigenvalue weighted by atomic mass is 16.6. The van der Waals surface area contributed by atoms with Crippen LogP contribution in [0.1, 0.15) is 63.0 Å². The third-order valence-electron chi connectivity index (χ3n) is 6.81. The van der Waals surface area contributed by atoms with Crippen molar-refractivity contribution in [2.24, 2.45) is 0 Å². The molecule has 1 aromatic carbocycles. The molecule has 42 heavy (non-hydrogen) atoms. The number of hydrogen-bond donors (Lipinski definition) is 3. The van der Waals surface area contributed by atoms with Gasteiger partial charge >= 0.3 is 12.1 Å². The topological polar surface area (TPSA) is 158 Å². The number of esters is 1. The first kappa shape index (κ1) is 30.5. The van der Waals surface area contributed by atoms with Crippen LogP contribution in [0.2, 0.25) is 0 Å². The molecule has 2 amide bonds. The number of hydrogen-bond acceptors (Lipinski definition) is 9. The summed E-state index contributed by atoms with van der Waals surface area (Å²) in [6.45, 7) is 8.28. The van der Waals surface area contributed by atoms with Crippen LogP contribution in [0.4, 0.5) is 4.79 Å². The van der Waals surface area contributed by atoms with E-state index in [1.165, 1.54) is 11.5 Å². The molecule has 2 aromatic heterocycles. The zero-order valence-corrected chi connectivity index (χ0v) is 24.6. The predicted octanol–water partition coefficient (Wildman–Crippen LogP) is 2.73. The first-order valence-electron chi connectivity index (χ1n) is 13.7. The molecule has 12 heteroatoms. The highest BCUT2D eigenvalue weighted by Crippen LogP contribution is 2.38. The smallest absolute Gasteiger partial charge is 0.407 e. The van der Waals surface area contributed by atoms with Crippen molar-refractivity contribution in [1.82, 2.24) is 20.2 Å². The molecule has 1 aliphatic rings. The summed E-state index contributed by atoms with van der Waals surface area (Å²) in [6.07, 6.45) is -1.72. The van der Waals surface area contributed by atoms with Crippen LogP contribution in [0.15, 0.2) is 29.1 Å². The fraction of sp³-hybridized carbons (Fsp3) is 0.433. The number of methoxy groups -OCH3 is 1. The highest BCUT2D eigenvalue weighted by molar-refractivity contribution is 5.89. The molecule has 1 unspecified atom stereocenters. The summed E-state index contributed by atoms with van der Waals surface area (Å²) in [5.41, 5.74) is 2.44. The minimum absolute atomic E-state index is 0.00195. The van der Waals surface area contributed by atoms with Gasteiger partial charge in [-0.05, 0) is 57.0 Å². The molecule has 1 aliphatic heterocycles. The van der Waals surface area contributed by atoms with E-state index in [-0.39, 0.29) is 30.8 Å². The number of benzene rings is 1. The summed E-state index contributed by atoms with van der Waals surface area (Å²) in [5, 5.41) is 17.1. The van der Waals surface area contributed by atoms with Crippen LogP contribution in [-0.2, 0) is 38.6 Å². The number of aliphatic hydroxyl groups is 1. The van der Waals surface area contributed by atoms with Gasteiger partial charge in [-0.2, -0.15) is 0 Å². The van der Waals surface area contributed by atoms with Gasteiger partial charge in [-0.15, -0.1) is 0 Å². The maximum atomic E-state index is 13.8. The number of nitrogens with one attached hydrogen (secondary N) is 2. The van der Waals surface area contributed by atoms with Crippen molar-refractivity contribution in [3.63, 3.8) is 0 Å². The van der Waals surface area contributed by atoms with Gasteiger partial charge in [0.15, 0.2) is 6.10 Å². The number of fused-ring (bicyclic) bond motifs is 4. The first-order valence-corrected chi connectivity index (χ1v) is 13.7. The molecular weight excluding hydrogens is 544 g/mol. The summed E-state index contributed by atoms with van der Waals surface area (Å²) in [6, 6.07) is 7.12. The van der Waals surface area contributed by atoms with E-state index >= 15 is 0 Å². The lowest BCUT2D eigenvalue weighted by Crippen LogP contribution is -2.39. The summed E-state index contributed by atoms with van der Waals surface area (Å²) in [7, 11) is 1.59. The van der Waals surface area contributed by atoms with Gasteiger partial charge in [0.05, 0.1) is 36.1 Å². The quantitative estimate of drug-likeness (QED) is 0.200. The average molecular weight is 581 g/mol. The van der Waals surface area contributed by atoms with Gasteiger partial charge in [-0.25, -0.2) is 9.78 Å². The van der Waals surface area contributed by atoms with E-state index in [4.69, 9.17) is 19.2 Å². The second-order valence-corrected chi connectivity index (χ2v) is 10.9. The normalized spacial score (nSPS) is 12.7. The Labute approximate surface area is 243 Å². The summed E-state index contributed by atoms with van der Waals surface area (Å²) in [4.78, 5) is 55.0. The number of rotatable bonds is 9. The SMILES string of the molecule is CCc1c2c(nc3ccc(OC)cc13)-c1cc(C(O)C(=O)NCCNC(=O)OC(C)(C)C)c(COC(C)=O)c(=O)n1C2. The van der Waals surface area contributed by atoms with E-state index in [0.717, 1.165) is 16.5 Å². The Kier molecular flexibility index (Phi) is 8.86. The van der Waals surface area contributed by atoms with E-state index in [2.05, 4.69) is 10.6 Å². The molecule has 12 nitrogen and oxygen atoms in total. The predicted molar refractivity (Wildman–Crippen MR) is 154 cm³/mol. The maximum absolute atomic E-state index is 13.8. The monoisotopic (exact) mass is 580 g/mol. The molecule has 0 bridgehead atoms. The number of carbonyl (C=O) groups excluding carboxylic acids is 3. The van der Waals surface area contributed by atoms with Crippen molar-refractivity contribution in [3.8, 4) is 17.1 Å². The summed E-state index contributed by atoms with van der Waals surface area (Å²) in [5.74, 6) is -0.718. The van der Waals surface area contributed by atoms with E-state index in [0.29, 0.717) is 29.1 Å². The molecule has 0 saturated heterocycles. The number of aryl methyl sites for hydroxylation is 1. The van der Waals surface area contributed by atoms with E-state index in [1.807, 2.05) is 25.1 Å². The van der Waals surface area contributed by atoms with Crippen molar-refractivity contribution >= 4 is 28.9 Å². The minimum atomic E-state index is -1.75. The van der Waals surface area contributed by atoms with Crippen molar-refractivity contribution in [2.75, 3.05) is 20.2 Å². The molecule has 224 valence electrons. The van der Waals surface area contributed by atoms with E-state index < -0.39 is 41.8 Å². The molecule has 0 spiro atoms. The first-order chi connectivity index (χ1) is 19.8. The summed E-state index contributed by atoms with van der Waals surface area (Å²) >= 11 is 0. The van der Waals surface area contributed by atoms with Crippen molar-refractivity contribution < 1.29 is 33.7 Å². The van der Waals surface area contributed by atoms with Crippen LogP contribution < -0.4 is 20.9 Å². The van der Waals surface area contributed by atoms with Crippen LogP contribution in [0.5, 0.6) is 5.75 Å². The zero-order valence-electron chi connectivity index (χ0n) is 24.6. The van der Waals surface area contributed by atoms with Crippen LogP contribution >= 0.6 is 0 Å². The lowest BCUT2D eigenvalue weighted by Gasteiger charge is -2.20. The fourth-order valence-corrected chi connectivity index (χ4v) is 4.95. The van der Waals surface area contributed by atoms with Gasteiger partial charge in [-0.1, -0.05) is 6.92 Å². The number of nitrogens with zero attached hydrogens (tertiary/aromatic N) is 2. The van der Waals surface area contributed by atoms with Gasteiger partial charge in [0.25, 0.3) is 11.5 Å². The van der Waals surface area contributed by atoms with E-state index in [9.17, 15) is 24.3 Å². The average Bonchev–Trinajstić information content (AvgIpc) is 3.29. The zero-order chi connectivity index (χ0) is 30.8. The largest absolute Gasteiger partial charge is 0.497 e. The standard InChI is InChI=1S/C30H36N4O8/c1-7-18-19-12-17(40-6)8-9-23(19)33-25-21(18)14-34-24(25)13-20(22(28(34)38)15-41-16(2)35)26(36)27(37)31-10-11-32-29(39)42-30(3,4)5/h8-9,12-13,26,36H,7,10-11,14-15H2,1-6H3,(H,31,37)(H,32,39). The molecule has 0 fully saturated rings. The second kappa shape index (κ2) is 12.2. The Hall–Kier alpha value is -4.45. The maximum Gasteiger partial charge on any atom is 0.407 e. The fourth-order valence-electron chi connectivity index (χ4n) is 4.95. The number of aliphatic hydroxyl groups excluding tert-OH is 1. The molecule has 0 radical (unpaired) electrons. The third kappa shape index (κ3) is 6.38. The van der Waals surface area contributed by atoms with E-state index in [1.54, 1.807) is 33.9 Å². The Morgan fingerprint density at radius 3 is 2.48 bits per heavy atom. The Bertz CT molecular complexity index is 1610. The van der Waals surface area contributed by atoms with Crippen molar-refractivity contribution in [3.05, 3.63) is 56.9 Å². The number of aromatic nitrogens is 2. The Morgan fingerprint density at radius 1 is 1.12 bits per heavy atom. The lowest BCUT2D eigenvalue weighted by molar-refractivity contribution is -0.142. The Morgan fingerprint density at radius 2 is 1.83 bits per heavy atom. The van der Waals surface area contributed by atoms with Gasteiger partial charge < -0.3 is 34.5 Å². The van der Waals surface area contributed by atoms with Crippen molar-refractivity contribution in [1.29, 1.82) is 0 Å². The van der Waals surface area contributed by atoms with Gasteiger partial charge in [0, 0.05) is 36.5 Å². The molecule has 1 atom stereocenters. The lowest BCUT2D eigenvalue weighted by atomic mass is 9.97. The molecule has 4 rings (SSSR count). The molecular formula is C30H36N4O8. The van der Waals surface area contributed by atoms with Crippen LogP contribution in [0.25, 0.3) is 22.3 Å². The van der Waals surface area contributed by atoms with Gasteiger partial charge in [0.1, 0.15) is 18.0 Å². The van der Waals surface area contributed by atoms with Gasteiger partial charge in [-0.3, -0.25) is 14.4 Å². The number of pyridine rings is 2. The number of alkyl carbamates (subject to hydrolysis) is 1. The Balaban J connectivity index is 1.68. The number of amides is 2. The van der Waals surface area contributed by atoms with Crippen LogP contribution in [0.3, 0.4) is 0 Å². The highest BCUT2D eigenvalue weighted by Gasteiger charge is 2.31. The van der Waals surface area contributed by atoms with Crippen molar-refractivity contribution in [2.45, 2.75) is 65.9 Å². The molecule has 3 N–H and O–H groups in total. The number of ether oxygens (including phenoxy) is 3. The third-order valence-corrected chi connectivity index (χ3v) is 6.81. The van der Waals surface area contributed by atoms with Crippen LogP contribution in [0, 0.1) is 0 Å². The van der Waals surface area contributed by atoms with Crippen LogP contribution in [-0.4, -0.2) is 58.4 Å². The minimum Gasteiger partial charge on any atom is -0.497 e. The summed E-state index contributed by atoms with van der Waals surface area (Å²) < 4.78 is 17.2. The molecule has 0 saturated carbocycles. The second-order valence-electron chi connectivity index (χ2n) is 10.9.